The second kappa shape index (κ2) is 6.43. The van der Waals surface area contributed by atoms with Gasteiger partial charge in [-0.25, -0.2) is 9.78 Å². The highest BCUT2D eigenvalue weighted by atomic mass is 16.6. The van der Waals surface area contributed by atoms with Crippen LogP contribution in [0, 0.1) is 5.92 Å². The highest BCUT2D eigenvalue weighted by Gasteiger charge is 2.30. The molecule has 1 aliphatic heterocycles. The van der Waals surface area contributed by atoms with Crippen molar-refractivity contribution in [2.24, 2.45) is 5.92 Å². The number of fused-ring (bicyclic) bond motifs is 1. The molecule has 0 unspecified atom stereocenters. The molecule has 0 radical (unpaired) electrons. The lowest BCUT2D eigenvalue weighted by Crippen LogP contribution is -2.35. The van der Waals surface area contributed by atoms with Crippen molar-refractivity contribution in [1.29, 1.82) is 0 Å². The minimum atomic E-state index is -0.472. The molecule has 0 aliphatic carbocycles. The van der Waals surface area contributed by atoms with Gasteiger partial charge in [0.15, 0.2) is 0 Å². The summed E-state index contributed by atoms with van der Waals surface area (Å²) in [4.78, 5) is 18.4. The molecule has 3 rings (SSSR count). The maximum absolute atomic E-state index is 12.2. The van der Waals surface area contributed by atoms with Gasteiger partial charge < -0.3 is 19.3 Å². The number of para-hydroxylation sites is 2. The summed E-state index contributed by atoms with van der Waals surface area (Å²) in [7, 11) is 0. The number of carbonyl (C=O) groups is 1. The average Bonchev–Trinajstić information content (AvgIpc) is 3.11. The lowest BCUT2D eigenvalue weighted by atomic mass is 10.1. The minimum Gasteiger partial charge on any atom is -0.444 e. The molecule has 0 bridgehead atoms. The second-order valence-corrected chi connectivity index (χ2v) is 7.37. The standard InChI is InChI=1S/C18H25N3O3/c1-18(2,3)24-17(23)20-9-8-13(10-20)11-21-15-7-5-4-6-14(15)19-16(21)12-22/h4-7,13,22H,8-12H2,1-3H3/t13-/m1/s1. The van der Waals surface area contributed by atoms with Crippen LogP contribution < -0.4 is 0 Å². The lowest BCUT2D eigenvalue weighted by molar-refractivity contribution is 0.0287. The molecule has 1 saturated heterocycles. The van der Waals surface area contributed by atoms with E-state index in [4.69, 9.17) is 4.74 Å². The van der Waals surface area contributed by atoms with Gasteiger partial charge in [-0.05, 0) is 45.2 Å². The van der Waals surface area contributed by atoms with E-state index in [-0.39, 0.29) is 12.7 Å². The summed E-state index contributed by atoms with van der Waals surface area (Å²) in [5.41, 5.74) is 1.44. The van der Waals surface area contributed by atoms with Crippen molar-refractivity contribution >= 4 is 17.1 Å². The Bertz CT molecular complexity index is 733. The third-order valence-corrected chi connectivity index (χ3v) is 4.25. The number of aliphatic hydroxyl groups excluding tert-OH is 1. The quantitative estimate of drug-likeness (QED) is 0.939. The smallest absolute Gasteiger partial charge is 0.410 e. The van der Waals surface area contributed by atoms with E-state index in [0.29, 0.717) is 24.8 Å². The van der Waals surface area contributed by atoms with Gasteiger partial charge in [-0.15, -0.1) is 0 Å². The first kappa shape index (κ1) is 16.8. The van der Waals surface area contributed by atoms with Gasteiger partial charge in [0.25, 0.3) is 0 Å². The molecular weight excluding hydrogens is 306 g/mol. The number of hydrogen-bond donors (Lipinski definition) is 1. The van der Waals surface area contributed by atoms with E-state index in [1.54, 1.807) is 4.90 Å². The fraction of sp³-hybridized carbons (Fsp3) is 0.556. The van der Waals surface area contributed by atoms with Gasteiger partial charge in [-0.1, -0.05) is 12.1 Å². The van der Waals surface area contributed by atoms with Crippen LogP contribution in [0.4, 0.5) is 4.79 Å². The Balaban J connectivity index is 1.71. The van der Waals surface area contributed by atoms with Gasteiger partial charge in [-0.3, -0.25) is 0 Å². The maximum atomic E-state index is 12.2. The number of nitrogens with zero attached hydrogens (tertiary/aromatic N) is 3. The Labute approximate surface area is 142 Å². The van der Waals surface area contributed by atoms with Gasteiger partial charge in [0.05, 0.1) is 11.0 Å². The van der Waals surface area contributed by atoms with E-state index < -0.39 is 5.60 Å². The molecule has 1 fully saturated rings. The number of aromatic nitrogens is 2. The van der Waals surface area contributed by atoms with Gasteiger partial charge >= 0.3 is 6.09 Å². The van der Waals surface area contributed by atoms with Crippen molar-refractivity contribution < 1.29 is 14.6 Å². The zero-order valence-electron chi connectivity index (χ0n) is 14.5. The van der Waals surface area contributed by atoms with E-state index in [0.717, 1.165) is 24.0 Å². The van der Waals surface area contributed by atoms with Gasteiger partial charge in [0, 0.05) is 19.6 Å². The molecule has 6 nitrogen and oxygen atoms in total. The minimum absolute atomic E-state index is 0.0861. The average molecular weight is 331 g/mol. The number of imidazole rings is 1. The molecule has 1 aromatic heterocycles. The molecule has 1 aliphatic rings. The molecule has 130 valence electrons. The van der Waals surface area contributed by atoms with Crippen molar-refractivity contribution in [3.8, 4) is 0 Å². The van der Waals surface area contributed by atoms with Gasteiger partial charge in [0.1, 0.15) is 18.0 Å². The number of hydrogen-bond acceptors (Lipinski definition) is 4. The zero-order chi connectivity index (χ0) is 17.3. The Hall–Kier alpha value is -2.08. The number of rotatable bonds is 3. The highest BCUT2D eigenvalue weighted by Crippen LogP contribution is 2.24. The molecule has 24 heavy (non-hydrogen) atoms. The Morgan fingerprint density at radius 1 is 1.38 bits per heavy atom. The van der Waals surface area contributed by atoms with Crippen molar-refractivity contribution in [2.75, 3.05) is 13.1 Å². The predicted octanol–water partition coefficient (Wildman–Crippen LogP) is 2.79. The Kier molecular flexibility index (Phi) is 4.49. The van der Waals surface area contributed by atoms with Crippen LogP contribution >= 0.6 is 0 Å². The van der Waals surface area contributed by atoms with Crippen LogP contribution in [-0.4, -0.2) is 44.3 Å². The first-order valence-corrected chi connectivity index (χ1v) is 8.40. The third-order valence-electron chi connectivity index (χ3n) is 4.25. The summed E-state index contributed by atoms with van der Waals surface area (Å²) in [5, 5.41) is 9.59. The monoisotopic (exact) mass is 331 g/mol. The van der Waals surface area contributed by atoms with Crippen LogP contribution in [0.25, 0.3) is 11.0 Å². The van der Waals surface area contributed by atoms with Crippen LogP contribution in [0.1, 0.15) is 33.0 Å². The number of amides is 1. The van der Waals surface area contributed by atoms with E-state index in [2.05, 4.69) is 9.55 Å². The number of likely N-dealkylation sites (tertiary alicyclic amines) is 1. The lowest BCUT2D eigenvalue weighted by Gasteiger charge is -2.24. The molecular formula is C18H25N3O3. The summed E-state index contributed by atoms with van der Waals surface area (Å²) in [6, 6.07) is 7.89. The summed E-state index contributed by atoms with van der Waals surface area (Å²) >= 11 is 0. The Morgan fingerprint density at radius 3 is 2.83 bits per heavy atom. The topological polar surface area (TPSA) is 67.6 Å². The van der Waals surface area contributed by atoms with Crippen molar-refractivity contribution in [2.45, 2.75) is 45.9 Å². The predicted molar refractivity (Wildman–Crippen MR) is 91.6 cm³/mol. The van der Waals surface area contributed by atoms with Crippen molar-refractivity contribution in [3.05, 3.63) is 30.1 Å². The number of carbonyl (C=O) groups excluding carboxylic acids is 1. The fourth-order valence-electron chi connectivity index (χ4n) is 3.18. The molecule has 1 N–H and O–H groups in total. The molecule has 2 heterocycles. The molecule has 0 spiro atoms. The molecule has 2 aromatic rings. The second-order valence-electron chi connectivity index (χ2n) is 7.37. The first-order valence-electron chi connectivity index (χ1n) is 8.40. The normalized spacial score (nSPS) is 18.3. The van der Waals surface area contributed by atoms with Crippen LogP contribution in [0.2, 0.25) is 0 Å². The van der Waals surface area contributed by atoms with Crippen LogP contribution in [0.3, 0.4) is 0 Å². The van der Waals surface area contributed by atoms with Crippen LogP contribution in [0.5, 0.6) is 0 Å². The first-order chi connectivity index (χ1) is 11.4. The maximum Gasteiger partial charge on any atom is 0.410 e. The molecule has 6 heteroatoms. The van der Waals surface area contributed by atoms with E-state index >= 15 is 0 Å². The molecule has 1 aromatic carbocycles. The fourth-order valence-corrected chi connectivity index (χ4v) is 3.18. The van der Waals surface area contributed by atoms with Gasteiger partial charge in [-0.2, -0.15) is 0 Å². The molecule has 1 amide bonds. The number of ether oxygens (including phenoxy) is 1. The summed E-state index contributed by atoms with van der Waals surface area (Å²) in [6.07, 6.45) is 0.680. The van der Waals surface area contributed by atoms with Crippen LogP contribution in [-0.2, 0) is 17.9 Å². The zero-order valence-corrected chi connectivity index (χ0v) is 14.5. The highest BCUT2D eigenvalue weighted by molar-refractivity contribution is 5.75. The van der Waals surface area contributed by atoms with Crippen molar-refractivity contribution in [3.63, 3.8) is 0 Å². The van der Waals surface area contributed by atoms with E-state index in [1.165, 1.54) is 0 Å². The van der Waals surface area contributed by atoms with Gasteiger partial charge in [0.2, 0.25) is 0 Å². The SMILES string of the molecule is CC(C)(C)OC(=O)N1CC[C@@H](Cn2c(CO)nc3ccccc32)C1. The van der Waals surface area contributed by atoms with E-state index in [1.807, 2.05) is 45.0 Å². The number of benzene rings is 1. The van der Waals surface area contributed by atoms with Crippen molar-refractivity contribution in [1.82, 2.24) is 14.5 Å². The number of aliphatic hydroxyl groups is 1. The summed E-state index contributed by atoms with van der Waals surface area (Å²) in [6.45, 7) is 7.68. The Morgan fingerprint density at radius 2 is 2.12 bits per heavy atom. The molecule has 0 saturated carbocycles. The summed E-state index contributed by atoms with van der Waals surface area (Å²) in [5.74, 6) is 1.01. The van der Waals surface area contributed by atoms with Crippen LogP contribution in [0.15, 0.2) is 24.3 Å². The summed E-state index contributed by atoms with van der Waals surface area (Å²) < 4.78 is 7.52. The third kappa shape index (κ3) is 3.53. The molecule has 1 atom stereocenters. The van der Waals surface area contributed by atoms with E-state index in [9.17, 15) is 9.90 Å². The largest absolute Gasteiger partial charge is 0.444 e.